The van der Waals surface area contributed by atoms with Gasteiger partial charge in [-0.15, -0.1) is 0 Å². The number of hydrogen-bond acceptors (Lipinski definition) is 4. The van der Waals surface area contributed by atoms with E-state index >= 15 is 0 Å². The molecule has 134 valence electrons. The zero-order chi connectivity index (χ0) is 18.2. The Kier molecular flexibility index (Phi) is 6.06. The normalized spacial score (nSPS) is 26.9. The molecule has 0 aromatic carbocycles. The number of carbonyl (C=O) groups is 1. The Morgan fingerprint density at radius 2 is 1.87 bits per heavy atom. The lowest BCUT2D eigenvalue weighted by atomic mass is 9.94. The summed E-state index contributed by atoms with van der Waals surface area (Å²) < 4.78 is 11.7. The van der Waals surface area contributed by atoms with Crippen molar-refractivity contribution in [2.24, 2.45) is 5.41 Å². The highest BCUT2D eigenvalue weighted by Gasteiger charge is 2.51. The highest BCUT2D eigenvalue weighted by molar-refractivity contribution is 6.81. The van der Waals surface area contributed by atoms with Crippen LogP contribution in [0.25, 0.3) is 0 Å². The number of ether oxygens (including phenoxy) is 2. The molecule has 1 aliphatic rings. The molecule has 0 aromatic heterocycles. The van der Waals surface area contributed by atoms with Crippen LogP contribution in [0.5, 0.6) is 0 Å². The molecule has 0 radical (unpaired) electrons. The molecule has 1 saturated heterocycles. The van der Waals surface area contributed by atoms with Crippen LogP contribution >= 0.6 is 0 Å². The van der Waals surface area contributed by atoms with Crippen LogP contribution in [0.2, 0.25) is 19.1 Å². The summed E-state index contributed by atoms with van der Waals surface area (Å²) >= 11 is 0. The van der Waals surface area contributed by atoms with Crippen molar-refractivity contribution in [3.63, 3.8) is 0 Å². The molecule has 1 heterocycles. The zero-order valence-electron chi connectivity index (χ0n) is 16.0. The topological polar surface area (TPSA) is 55.8 Å². The molecule has 0 unspecified atom stereocenters. The molecule has 1 N–H and O–H groups in total. The molecule has 23 heavy (non-hydrogen) atoms. The second-order valence-corrected chi connectivity index (χ2v) is 14.2. The van der Waals surface area contributed by atoms with E-state index in [1.807, 2.05) is 0 Å². The monoisotopic (exact) mass is 342 g/mol. The lowest BCUT2D eigenvalue weighted by Gasteiger charge is -2.46. The van der Waals surface area contributed by atoms with E-state index < -0.39 is 31.8 Å². The van der Waals surface area contributed by atoms with Crippen LogP contribution in [0, 0.1) is 5.41 Å². The molecule has 0 bridgehead atoms. The molecule has 4 nitrogen and oxygen atoms in total. The van der Waals surface area contributed by atoms with Crippen molar-refractivity contribution >= 4 is 13.9 Å². The van der Waals surface area contributed by atoms with Crippen molar-refractivity contribution in [3.8, 4) is 0 Å². The average Bonchev–Trinajstić information content (AvgIpc) is 2.37. The van der Waals surface area contributed by atoms with Crippen LogP contribution in [0.1, 0.15) is 48.0 Å². The number of rotatable bonds is 5. The highest BCUT2D eigenvalue weighted by atomic mass is 28.3. The summed E-state index contributed by atoms with van der Waals surface area (Å²) in [6, 6.07) is 0.999. The van der Waals surface area contributed by atoms with Gasteiger partial charge in [0.2, 0.25) is 0 Å². The first-order valence-electron chi connectivity index (χ1n) is 8.39. The number of hydrogen-bond donors (Lipinski definition) is 1. The van der Waals surface area contributed by atoms with E-state index in [2.05, 4.69) is 40.4 Å². The van der Waals surface area contributed by atoms with Crippen molar-refractivity contribution in [1.82, 2.24) is 0 Å². The number of carbonyl (C=O) groups excluding carboxylic acids is 1. The molecule has 1 fully saturated rings. The minimum atomic E-state index is -1.98. The molecule has 0 aliphatic carbocycles. The van der Waals surface area contributed by atoms with Gasteiger partial charge in [-0.2, -0.15) is 0 Å². The van der Waals surface area contributed by atoms with Crippen molar-refractivity contribution in [2.45, 2.75) is 90.8 Å². The smallest absolute Gasteiger partial charge is 0.190 e. The number of aliphatic hydroxyl groups excluding tert-OH is 1. The van der Waals surface area contributed by atoms with Crippen LogP contribution in [0.15, 0.2) is 12.2 Å². The van der Waals surface area contributed by atoms with E-state index in [1.54, 1.807) is 20.8 Å². The lowest BCUT2D eigenvalue weighted by molar-refractivity contribution is -0.277. The molecule has 0 saturated carbocycles. The maximum absolute atomic E-state index is 12.9. The van der Waals surface area contributed by atoms with Gasteiger partial charge in [0.1, 0.15) is 11.8 Å². The van der Waals surface area contributed by atoms with Gasteiger partial charge in [-0.3, -0.25) is 4.79 Å². The Balaban J connectivity index is 3.03. The van der Waals surface area contributed by atoms with Crippen molar-refractivity contribution in [1.29, 1.82) is 0 Å². The quantitative estimate of drug-likeness (QED) is 0.611. The van der Waals surface area contributed by atoms with Gasteiger partial charge in [0.15, 0.2) is 17.7 Å². The summed E-state index contributed by atoms with van der Waals surface area (Å²) in [6.07, 6.45) is -0.822. The van der Waals surface area contributed by atoms with Gasteiger partial charge < -0.3 is 14.6 Å². The van der Waals surface area contributed by atoms with E-state index in [4.69, 9.17) is 9.47 Å². The molecule has 0 amide bonds. The number of ketones is 1. The van der Waals surface area contributed by atoms with Gasteiger partial charge in [0.05, 0.1) is 8.07 Å². The third-order valence-electron chi connectivity index (χ3n) is 4.37. The summed E-state index contributed by atoms with van der Waals surface area (Å²) in [4.78, 5) is 12.9. The van der Waals surface area contributed by atoms with Crippen LogP contribution in [-0.4, -0.2) is 42.7 Å². The van der Waals surface area contributed by atoms with Gasteiger partial charge in [-0.25, -0.2) is 0 Å². The molecule has 1 aliphatic heterocycles. The summed E-state index contributed by atoms with van der Waals surface area (Å²) in [5.74, 6) is -1.02. The number of Topliss-reactive ketones (excluding diaryl/α,β-unsaturated/α-hetero) is 1. The third kappa shape index (κ3) is 5.52. The van der Waals surface area contributed by atoms with E-state index in [1.165, 1.54) is 0 Å². The van der Waals surface area contributed by atoms with E-state index in [0.29, 0.717) is 5.57 Å². The zero-order valence-corrected chi connectivity index (χ0v) is 17.0. The number of aliphatic hydroxyl groups is 1. The molecule has 0 spiro atoms. The first kappa shape index (κ1) is 20.6. The Labute approximate surface area is 142 Å². The summed E-state index contributed by atoms with van der Waals surface area (Å²) in [5, 5.41) is 10.3. The standard InChI is InChI=1S/C18H34O4Si/c1-12(2)13(19)15-14(20)16(22-18(6,7)21-15)23(8,9)11-10-17(3,4)5/h13,15-16,19H,1,10-11H2,2-9H3/t13-,15-,16-/m0/s1. The average molecular weight is 343 g/mol. The minimum absolute atomic E-state index is 0.134. The van der Waals surface area contributed by atoms with E-state index in [0.717, 1.165) is 12.5 Å². The lowest BCUT2D eigenvalue weighted by Crippen LogP contribution is -2.63. The highest BCUT2D eigenvalue weighted by Crippen LogP contribution is 2.35. The molecule has 5 heteroatoms. The summed E-state index contributed by atoms with van der Waals surface area (Å²) in [5.41, 5.74) is 0.298. The van der Waals surface area contributed by atoms with Crippen molar-refractivity contribution < 1.29 is 19.4 Å². The second-order valence-electron chi connectivity index (χ2n) is 9.18. The minimum Gasteiger partial charge on any atom is -0.386 e. The Bertz CT molecular complexity index is 462. The molecular weight excluding hydrogens is 308 g/mol. The van der Waals surface area contributed by atoms with E-state index in [-0.39, 0.29) is 11.2 Å². The Hall–Kier alpha value is -0.493. The summed E-state index contributed by atoms with van der Waals surface area (Å²) in [7, 11) is -1.98. The van der Waals surface area contributed by atoms with Gasteiger partial charge in [0.25, 0.3) is 0 Å². The van der Waals surface area contributed by atoms with Gasteiger partial charge in [-0.1, -0.05) is 52.9 Å². The molecule has 1 rings (SSSR count). The van der Waals surface area contributed by atoms with Gasteiger partial charge in [-0.05, 0) is 31.8 Å². The predicted octanol–water partition coefficient (Wildman–Crippen LogP) is 3.70. The first-order valence-corrected chi connectivity index (χ1v) is 11.7. The van der Waals surface area contributed by atoms with Gasteiger partial charge >= 0.3 is 0 Å². The van der Waals surface area contributed by atoms with Gasteiger partial charge in [0, 0.05) is 0 Å². The van der Waals surface area contributed by atoms with Crippen LogP contribution in [0.3, 0.4) is 0 Å². The van der Waals surface area contributed by atoms with Crippen LogP contribution < -0.4 is 0 Å². The van der Waals surface area contributed by atoms with Crippen molar-refractivity contribution in [3.05, 3.63) is 12.2 Å². The van der Waals surface area contributed by atoms with Crippen LogP contribution in [0.4, 0.5) is 0 Å². The predicted molar refractivity (Wildman–Crippen MR) is 96.0 cm³/mol. The fourth-order valence-corrected chi connectivity index (χ4v) is 5.93. The summed E-state index contributed by atoms with van der Waals surface area (Å²) in [6.45, 7) is 20.1. The Morgan fingerprint density at radius 3 is 2.30 bits per heavy atom. The first-order chi connectivity index (χ1) is 10.2. The molecule has 0 aromatic rings. The fourth-order valence-electron chi connectivity index (χ4n) is 2.73. The fraction of sp³-hybridized carbons (Fsp3) is 0.833. The van der Waals surface area contributed by atoms with E-state index in [9.17, 15) is 9.90 Å². The van der Waals surface area contributed by atoms with Crippen molar-refractivity contribution in [2.75, 3.05) is 0 Å². The maximum Gasteiger partial charge on any atom is 0.190 e. The molecule has 3 atom stereocenters. The second kappa shape index (κ2) is 6.79. The molecular formula is C18H34O4Si. The Morgan fingerprint density at radius 1 is 1.35 bits per heavy atom. The largest absolute Gasteiger partial charge is 0.386 e. The SMILES string of the molecule is C=C(C)[C@H](O)[C@@H]1OC(C)(C)O[C@@H]([Si](C)(C)CCC(C)(C)C)C1=O. The van der Waals surface area contributed by atoms with Crippen LogP contribution in [-0.2, 0) is 14.3 Å². The maximum atomic E-state index is 12.9. The third-order valence-corrected chi connectivity index (χ3v) is 7.73.